The van der Waals surface area contributed by atoms with Crippen LogP contribution >= 0.6 is 11.8 Å². The van der Waals surface area contributed by atoms with Gasteiger partial charge in [0.05, 0.1) is 5.56 Å². The second-order valence-corrected chi connectivity index (χ2v) is 4.93. The second-order valence-electron chi connectivity index (χ2n) is 4.08. The standard InChI is InChI=1S/C14H12F3NOS/c1-20-13-7-4-10(8-12(13)14(15,16)17)18-9-2-5-11(19)6-3-9/h2-8,18-19H,1H3. The molecule has 0 heterocycles. The number of phenols is 1. The Kier molecular flexibility index (Phi) is 4.13. The summed E-state index contributed by atoms with van der Waals surface area (Å²) in [7, 11) is 0. The minimum Gasteiger partial charge on any atom is -0.508 e. The van der Waals surface area contributed by atoms with E-state index in [0.29, 0.717) is 11.4 Å². The van der Waals surface area contributed by atoms with Crippen LogP contribution in [-0.2, 0) is 6.18 Å². The smallest absolute Gasteiger partial charge is 0.417 e. The van der Waals surface area contributed by atoms with Gasteiger partial charge in [-0.05, 0) is 48.7 Å². The molecule has 0 amide bonds. The number of phenolic OH excluding ortho intramolecular Hbond substituents is 1. The largest absolute Gasteiger partial charge is 0.508 e. The normalized spacial score (nSPS) is 11.4. The monoisotopic (exact) mass is 299 g/mol. The molecule has 0 bridgehead atoms. The van der Waals surface area contributed by atoms with Crippen LogP contribution in [0.1, 0.15) is 5.56 Å². The van der Waals surface area contributed by atoms with Crippen molar-refractivity contribution in [2.75, 3.05) is 11.6 Å². The van der Waals surface area contributed by atoms with Gasteiger partial charge in [-0.25, -0.2) is 0 Å². The van der Waals surface area contributed by atoms with Crippen LogP contribution in [0.25, 0.3) is 0 Å². The molecule has 0 aliphatic heterocycles. The summed E-state index contributed by atoms with van der Waals surface area (Å²) in [6.07, 6.45) is -2.78. The first-order valence-electron chi connectivity index (χ1n) is 5.71. The summed E-state index contributed by atoms with van der Waals surface area (Å²) in [6, 6.07) is 10.2. The highest BCUT2D eigenvalue weighted by atomic mass is 32.2. The number of halogens is 3. The Hall–Kier alpha value is -1.82. The molecule has 0 saturated carbocycles. The van der Waals surface area contributed by atoms with E-state index in [1.807, 2.05) is 0 Å². The lowest BCUT2D eigenvalue weighted by Gasteiger charge is -2.14. The van der Waals surface area contributed by atoms with Crippen molar-refractivity contribution in [1.82, 2.24) is 0 Å². The van der Waals surface area contributed by atoms with Crippen LogP contribution in [0.15, 0.2) is 47.4 Å². The van der Waals surface area contributed by atoms with Gasteiger partial charge in [0.25, 0.3) is 0 Å². The van der Waals surface area contributed by atoms with Crippen LogP contribution < -0.4 is 5.32 Å². The minimum atomic E-state index is -4.38. The molecule has 0 aliphatic rings. The summed E-state index contributed by atoms with van der Waals surface area (Å²) in [5, 5.41) is 12.0. The molecule has 6 heteroatoms. The van der Waals surface area contributed by atoms with Gasteiger partial charge in [-0.3, -0.25) is 0 Å². The average Bonchev–Trinajstić information content (AvgIpc) is 2.40. The highest BCUT2D eigenvalue weighted by Gasteiger charge is 2.33. The predicted molar refractivity (Wildman–Crippen MR) is 74.6 cm³/mol. The molecule has 0 aliphatic carbocycles. The highest BCUT2D eigenvalue weighted by molar-refractivity contribution is 7.98. The third-order valence-electron chi connectivity index (χ3n) is 2.66. The third-order valence-corrected chi connectivity index (χ3v) is 3.46. The number of rotatable bonds is 3. The molecule has 2 rings (SSSR count). The Morgan fingerprint density at radius 2 is 1.60 bits per heavy atom. The number of hydrogen-bond donors (Lipinski definition) is 2. The zero-order chi connectivity index (χ0) is 14.8. The predicted octanol–water partition coefficient (Wildman–Crippen LogP) is 4.88. The molecule has 2 N–H and O–H groups in total. The van der Waals surface area contributed by atoms with Gasteiger partial charge in [0, 0.05) is 16.3 Å². The summed E-state index contributed by atoms with van der Waals surface area (Å²) < 4.78 is 38.8. The molecule has 2 aromatic carbocycles. The van der Waals surface area contributed by atoms with Gasteiger partial charge in [0.1, 0.15) is 5.75 Å². The Morgan fingerprint density at radius 3 is 2.15 bits per heavy atom. The lowest BCUT2D eigenvalue weighted by atomic mass is 10.2. The van der Waals surface area contributed by atoms with Crippen LogP contribution in [0, 0.1) is 0 Å². The van der Waals surface area contributed by atoms with Gasteiger partial charge >= 0.3 is 6.18 Å². The molecule has 0 unspecified atom stereocenters. The van der Waals surface area contributed by atoms with E-state index in [2.05, 4.69) is 5.32 Å². The van der Waals surface area contributed by atoms with Gasteiger partial charge in [-0.15, -0.1) is 11.8 Å². The quantitative estimate of drug-likeness (QED) is 0.626. The van der Waals surface area contributed by atoms with Gasteiger partial charge < -0.3 is 10.4 Å². The Balaban J connectivity index is 2.31. The molecule has 106 valence electrons. The summed E-state index contributed by atoms with van der Waals surface area (Å²) in [4.78, 5) is 0.189. The first-order valence-corrected chi connectivity index (χ1v) is 6.94. The van der Waals surface area contributed by atoms with E-state index < -0.39 is 11.7 Å². The van der Waals surface area contributed by atoms with E-state index in [-0.39, 0.29) is 10.6 Å². The van der Waals surface area contributed by atoms with Gasteiger partial charge in [0.2, 0.25) is 0 Å². The maximum Gasteiger partial charge on any atom is 0.417 e. The Morgan fingerprint density at radius 1 is 1.00 bits per heavy atom. The van der Waals surface area contributed by atoms with Crippen molar-refractivity contribution in [3.63, 3.8) is 0 Å². The summed E-state index contributed by atoms with van der Waals surface area (Å²) in [6.45, 7) is 0. The van der Waals surface area contributed by atoms with E-state index in [1.165, 1.54) is 18.2 Å². The number of nitrogens with one attached hydrogen (secondary N) is 1. The SMILES string of the molecule is CSc1ccc(Nc2ccc(O)cc2)cc1C(F)(F)F. The molecule has 0 aromatic heterocycles. The minimum absolute atomic E-state index is 0.101. The Labute approximate surface area is 118 Å². The zero-order valence-corrected chi connectivity index (χ0v) is 11.3. The van der Waals surface area contributed by atoms with Crippen molar-refractivity contribution in [1.29, 1.82) is 0 Å². The number of thioether (sulfide) groups is 1. The number of hydrogen-bond acceptors (Lipinski definition) is 3. The third kappa shape index (κ3) is 3.39. The van der Waals surface area contributed by atoms with Crippen LogP contribution in [0.2, 0.25) is 0 Å². The molecular formula is C14H12F3NOS. The molecule has 2 aromatic rings. The van der Waals surface area contributed by atoms with E-state index in [4.69, 9.17) is 5.11 Å². The van der Waals surface area contributed by atoms with Crippen molar-refractivity contribution < 1.29 is 18.3 Å². The van der Waals surface area contributed by atoms with E-state index in [0.717, 1.165) is 17.8 Å². The number of benzene rings is 2. The van der Waals surface area contributed by atoms with Crippen molar-refractivity contribution >= 4 is 23.1 Å². The molecular weight excluding hydrogens is 287 g/mol. The number of aromatic hydroxyl groups is 1. The fourth-order valence-corrected chi connectivity index (χ4v) is 2.32. The highest BCUT2D eigenvalue weighted by Crippen LogP contribution is 2.38. The van der Waals surface area contributed by atoms with Gasteiger partial charge in [-0.2, -0.15) is 13.2 Å². The maximum atomic E-state index is 12.9. The summed E-state index contributed by atoms with van der Waals surface area (Å²) in [5.41, 5.74) is 0.294. The molecule has 0 radical (unpaired) electrons. The van der Waals surface area contributed by atoms with E-state index in [1.54, 1.807) is 24.5 Å². The summed E-state index contributed by atoms with van der Waals surface area (Å²) in [5.74, 6) is 0.101. The fraction of sp³-hybridized carbons (Fsp3) is 0.143. The number of anilines is 2. The van der Waals surface area contributed by atoms with Crippen LogP contribution in [0.3, 0.4) is 0 Å². The zero-order valence-electron chi connectivity index (χ0n) is 10.5. The molecule has 2 nitrogen and oxygen atoms in total. The lowest BCUT2D eigenvalue weighted by molar-refractivity contribution is -0.139. The van der Waals surface area contributed by atoms with Crippen molar-refractivity contribution in [2.45, 2.75) is 11.1 Å². The van der Waals surface area contributed by atoms with E-state index in [9.17, 15) is 13.2 Å². The summed E-state index contributed by atoms with van der Waals surface area (Å²) >= 11 is 1.06. The average molecular weight is 299 g/mol. The fourth-order valence-electron chi connectivity index (χ4n) is 1.72. The lowest BCUT2D eigenvalue weighted by Crippen LogP contribution is -2.07. The molecule has 0 fully saturated rings. The van der Waals surface area contributed by atoms with Crippen molar-refractivity contribution in [2.24, 2.45) is 0 Å². The van der Waals surface area contributed by atoms with Crippen LogP contribution in [0.5, 0.6) is 5.75 Å². The maximum absolute atomic E-state index is 12.9. The van der Waals surface area contributed by atoms with Crippen LogP contribution in [0.4, 0.5) is 24.5 Å². The van der Waals surface area contributed by atoms with Crippen molar-refractivity contribution in [3.05, 3.63) is 48.0 Å². The molecule has 20 heavy (non-hydrogen) atoms. The van der Waals surface area contributed by atoms with Crippen LogP contribution in [-0.4, -0.2) is 11.4 Å². The van der Waals surface area contributed by atoms with Gasteiger partial charge in [0.15, 0.2) is 0 Å². The Bertz CT molecular complexity index is 596. The second kappa shape index (κ2) is 5.66. The van der Waals surface area contributed by atoms with Crippen molar-refractivity contribution in [3.8, 4) is 5.75 Å². The molecule has 0 saturated heterocycles. The molecule has 0 atom stereocenters. The van der Waals surface area contributed by atoms with Gasteiger partial charge in [-0.1, -0.05) is 0 Å². The molecule has 0 spiro atoms. The first-order chi connectivity index (χ1) is 9.40. The topological polar surface area (TPSA) is 32.3 Å². The first kappa shape index (κ1) is 14.6. The van der Waals surface area contributed by atoms with E-state index >= 15 is 0 Å². The number of alkyl halides is 3.